The Balaban J connectivity index is 1.19. The lowest BCUT2D eigenvalue weighted by Crippen LogP contribution is -2.52. The van der Waals surface area contributed by atoms with Gasteiger partial charge in [0, 0.05) is 50.5 Å². The minimum absolute atomic E-state index is 0.0452. The first-order valence-corrected chi connectivity index (χ1v) is 12.1. The molecule has 2 saturated heterocycles. The van der Waals surface area contributed by atoms with E-state index < -0.39 is 5.82 Å². The molecule has 34 heavy (non-hydrogen) atoms. The van der Waals surface area contributed by atoms with Crippen LogP contribution in [-0.4, -0.2) is 60.3 Å². The predicted molar refractivity (Wildman–Crippen MR) is 133 cm³/mol. The maximum Gasteiger partial charge on any atom is 0.227 e. The Hall–Kier alpha value is -3.19. The molecule has 8 heteroatoms. The average molecular weight is 480 g/mol. The maximum absolute atomic E-state index is 13.5. The van der Waals surface area contributed by atoms with Gasteiger partial charge in [0.2, 0.25) is 5.91 Å². The standard InChI is InChI=1S/C26H27ClFN5O/c27-22-17-21(8-9-23(22)28)31-13-15-32(16-14-31)26(34)20-7-4-12-33(18-20)25-11-10-24(29-30-25)19-5-2-1-3-6-19/h1-3,5-6,8-11,17,20H,4,7,12-16,18H2. The molecule has 2 aromatic carbocycles. The van der Waals surface area contributed by atoms with E-state index in [1.165, 1.54) is 6.07 Å². The number of carbonyl (C=O) groups is 1. The van der Waals surface area contributed by atoms with Gasteiger partial charge in [-0.3, -0.25) is 4.79 Å². The molecule has 5 rings (SSSR count). The monoisotopic (exact) mass is 479 g/mol. The molecule has 6 nitrogen and oxygen atoms in total. The third-order valence-electron chi connectivity index (χ3n) is 6.67. The van der Waals surface area contributed by atoms with Crippen LogP contribution in [0.1, 0.15) is 12.8 Å². The number of carbonyl (C=O) groups excluding carboxylic acids is 1. The average Bonchev–Trinajstić information content (AvgIpc) is 2.91. The number of hydrogen-bond donors (Lipinski definition) is 0. The van der Waals surface area contributed by atoms with Gasteiger partial charge >= 0.3 is 0 Å². The van der Waals surface area contributed by atoms with Crippen LogP contribution in [0.3, 0.4) is 0 Å². The molecular weight excluding hydrogens is 453 g/mol. The molecule has 0 bridgehead atoms. The van der Waals surface area contributed by atoms with Crippen molar-refractivity contribution in [2.75, 3.05) is 49.1 Å². The number of benzene rings is 2. The van der Waals surface area contributed by atoms with Crippen molar-refractivity contribution in [3.63, 3.8) is 0 Å². The number of aromatic nitrogens is 2. The van der Waals surface area contributed by atoms with E-state index in [9.17, 15) is 9.18 Å². The van der Waals surface area contributed by atoms with Crippen molar-refractivity contribution in [2.24, 2.45) is 5.92 Å². The van der Waals surface area contributed by atoms with Gasteiger partial charge < -0.3 is 14.7 Å². The number of rotatable bonds is 4. The van der Waals surface area contributed by atoms with Gasteiger partial charge in [-0.15, -0.1) is 10.2 Å². The Bertz CT molecular complexity index is 1140. The largest absolute Gasteiger partial charge is 0.368 e. The lowest BCUT2D eigenvalue weighted by atomic mass is 9.96. The van der Waals surface area contributed by atoms with Crippen LogP contribution in [-0.2, 0) is 4.79 Å². The van der Waals surface area contributed by atoms with Crippen molar-refractivity contribution in [3.05, 3.63) is 71.5 Å². The normalized spacial score (nSPS) is 18.8. The second kappa shape index (κ2) is 9.97. The summed E-state index contributed by atoms with van der Waals surface area (Å²) in [5, 5.41) is 8.98. The van der Waals surface area contributed by atoms with Crippen molar-refractivity contribution >= 4 is 29.0 Å². The highest BCUT2D eigenvalue weighted by atomic mass is 35.5. The maximum atomic E-state index is 13.5. The van der Waals surface area contributed by atoms with E-state index in [0.717, 1.165) is 42.1 Å². The van der Waals surface area contributed by atoms with Gasteiger partial charge in [-0.1, -0.05) is 41.9 Å². The molecule has 0 saturated carbocycles. The van der Waals surface area contributed by atoms with E-state index >= 15 is 0 Å². The van der Waals surface area contributed by atoms with Crippen molar-refractivity contribution in [1.29, 1.82) is 0 Å². The summed E-state index contributed by atoms with van der Waals surface area (Å²) in [6.07, 6.45) is 1.84. The summed E-state index contributed by atoms with van der Waals surface area (Å²) in [5.74, 6) is 0.558. The molecule has 1 aromatic heterocycles. The zero-order valence-corrected chi connectivity index (χ0v) is 19.7. The summed E-state index contributed by atoms with van der Waals surface area (Å²) in [6.45, 7) is 4.24. The predicted octanol–water partition coefficient (Wildman–Crippen LogP) is 4.50. The van der Waals surface area contributed by atoms with Crippen LogP contribution in [0.2, 0.25) is 5.02 Å². The minimum atomic E-state index is -0.416. The quantitative estimate of drug-likeness (QED) is 0.551. The second-order valence-corrected chi connectivity index (χ2v) is 9.25. The first-order chi connectivity index (χ1) is 16.6. The summed E-state index contributed by atoms with van der Waals surface area (Å²) in [7, 11) is 0. The summed E-state index contributed by atoms with van der Waals surface area (Å²) in [6, 6.07) is 18.8. The minimum Gasteiger partial charge on any atom is -0.368 e. The SMILES string of the molecule is O=C(C1CCCN(c2ccc(-c3ccccc3)nn2)C1)N1CCN(c2ccc(F)c(Cl)c2)CC1. The lowest BCUT2D eigenvalue weighted by molar-refractivity contribution is -0.136. The molecule has 3 heterocycles. The number of halogens is 2. The summed E-state index contributed by atoms with van der Waals surface area (Å²) < 4.78 is 13.5. The fourth-order valence-corrected chi connectivity index (χ4v) is 4.94. The Kier molecular flexibility index (Phi) is 6.63. The highest BCUT2D eigenvalue weighted by Crippen LogP contribution is 2.27. The molecular formula is C26H27ClFN5O. The van der Waals surface area contributed by atoms with Crippen LogP contribution in [0, 0.1) is 11.7 Å². The Morgan fingerprint density at radius 2 is 1.71 bits per heavy atom. The van der Waals surface area contributed by atoms with E-state index in [2.05, 4.69) is 20.0 Å². The topological polar surface area (TPSA) is 52.6 Å². The van der Waals surface area contributed by atoms with Crippen LogP contribution < -0.4 is 9.80 Å². The van der Waals surface area contributed by atoms with Crippen LogP contribution in [0.4, 0.5) is 15.9 Å². The highest BCUT2D eigenvalue weighted by molar-refractivity contribution is 6.31. The highest BCUT2D eigenvalue weighted by Gasteiger charge is 2.31. The molecule has 2 aliphatic rings. The van der Waals surface area contributed by atoms with E-state index in [-0.39, 0.29) is 16.8 Å². The van der Waals surface area contributed by atoms with Gasteiger partial charge in [0.25, 0.3) is 0 Å². The van der Waals surface area contributed by atoms with Gasteiger partial charge in [-0.25, -0.2) is 4.39 Å². The van der Waals surface area contributed by atoms with Gasteiger partial charge in [0.05, 0.1) is 16.6 Å². The molecule has 3 aromatic rings. The molecule has 1 amide bonds. The number of piperazine rings is 1. The third kappa shape index (κ3) is 4.85. The van der Waals surface area contributed by atoms with Crippen molar-refractivity contribution in [3.8, 4) is 11.3 Å². The fourth-order valence-electron chi connectivity index (χ4n) is 4.77. The zero-order chi connectivity index (χ0) is 23.5. The summed E-state index contributed by atoms with van der Waals surface area (Å²) in [5.41, 5.74) is 2.77. The van der Waals surface area contributed by atoms with Gasteiger partial charge in [-0.05, 0) is 43.2 Å². The molecule has 0 N–H and O–H groups in total. The summed E-state index contributed by atoms with van der Waals surface area (Å²) in [4.78, 5) is 19.6. The van der Waals surface area contributed by atoms with Crippen LogP contribution in [0.25, 0.3) is 11.3 Å². The second-order valence-electron chi connectivity index (χ2n) is 8.84. The fraction of sp³-hybridized carbons (Fsp3) is 0.346. The van der Waals surface area contributed by atoms with Gasteiger partial charge in [0.1, 0.15) is 5.82 Å². The van der Waals surface area contributed by atoms with Crippen LogP contribution in [0.15, 0.2) is 60.7 Å². The molecule has 0 aliphatic carbocycles. The van der Waals surface area contributed by atoms with E-state index in [1.54, 1.807) is 12.1 Å². The molecule has 0 radical (unpaired) electrons. The van der Waals surface area contributed by atoms with Gasteiger partial charge in [0.15, 0.2) is 5.82 Å². The number of hydrogen-bond acceptors (Lipinski definition) is 5. The summed E-state index contributed by atoms with van der Waals surface area (Å²) >= 11 is 5.94. The molecule has 2 aliphatic heterocycles. The molecule has 0 spiro atoms. The van der Waals surface area contributed by atoms with Crippen molar-refractivity contribution < 1.29 is 9.18 Å². The number of piperidine rings is 1. The first kappa shape index (κ1) is 22.6. The molecule has 1 unspecified atom stereocenters. The van der Waals surface area contributed by atoms with Gasteiger partial charge in [-0.2, -0.15) is 0 Å². The third-order valence-corrected chi connectivity index (χ3v) is 6.96. The smallest absolute Gasteiger partial charge is 0.227 e. The van der Waals surface area contributed by atoms with Crippen molar-refractivity contribution in [2.45, 2.75) is 12.8 Å². The van der Waals surface area contributed by atoms with E-state index in [4.69, 9.17) is 11.6 Å². The molecule has 176 valence electrons. The van der Waals surface area contributed by atoms with E-state index in [1.807, 2.05) is 47.4 Å². The molecule has 2 fully saturated rings. The molecule has 1 atom stereocenters. The Morgan fingerprint density at radius 1 is 0.912 bits per heavy atom. The number of nitrogens with zero attached hydrogens (tertiary/aromatic N) is 5. The van der Waals surface area contributed by atoms with Crippen molar-refractivity contribution in [1.82, 2.24) is 15.1 Å². The van der Waals surface area contributed by atoms with Crippen LogP contribution in [0.5, 0.6) is 0 Å². The number of anilines is 2. The van der Waals surface area contributed by atoms with Crippen LogP contribution >= 0.6 is 11.6 Å². The lowest BCUT2D eigenvalue weighted by Gasteiger charge is -2.40. The Morgan fingerprint density at radius 3 is 2.41 bits per heavy atom. The first-order valence-electron chi connectivity index (χ1n) is 11.7. The zero-order valence-electron chi connectivity index (χ0n) is 18.9. The number of amides is 1. The van der Waals surface area contributed by atoms with E-state index in [0.29, 0.717) is 32.7 Å². The Labute approximate surface area is 204 Å².